The Hall–Kier alpha value is -1.51. The fourth-order valence-electron chi connectivity index (χ4n) is 1.60. The van der Waals surface area contributed by atoms with Gasteiger partial charge in [-0.15, -0.1) is 0 Å². The molecule has 0 aromatic heterocycles. The fraction of sp³-hybridized carbons (Fsp3) is 0.400. The van der Waals surface area contributed by atoms with Crippen LogP contribution in [0.4, 0.5) is 5.69 Å². The van der Waals surface area contributed by atoms with E-state index in [0.29, 0.717) is 11.1 Å². The van der Waals surface area contributed by atoms with Crippen molar-refractivity contribution in [1.82, 2.24) is 4.72 Å². The molecule has 0 aliphatic carbocycles. The quantitative estimate of drug-likeness (QED) is 0.597. The summed E-state index contributed by atoms with van der Waals surface area (Å²) >= 11 is 0. The van der Waals surface area contributed by atoms with Crippen LogP contribution in [0.2, 0.25) is 0 Å². The monoisotopic (exact) mass is 273 g/mol. The maximum atomic E-state index is 12.0. The van der Waals surface area contributed by atoms with Gasteiger partial charge in [-0.2, -0.15) is 0 Å². The van der Waals surface area contributed by atoms with Crippen molar-refractivity contribution in [3.8, 4) is 0 Å². The van der Waals surface area contributed by atoms with Gasteiger partial charge in [0.25, 0.3) is 5.69 Å². The van der Waals surface area contributed by atoms with E-state index in [9.17, 15) is 18.5 Å². The summed E-state index contributed by atoms with van der Waals surface area (Å²) in [6.07, 6.45) is 0. The third kappa shape index (κ3) is 2.84. The van der Waals surface area contributed by atoms with Gasteiger partial charge in [0.15, 0.2) is 4.90 Å². The summed E-state index contributed by atoms with van der Waals surface area (Å²) < 4.78 is 26.3. The van der Waals surface area contributed by atoms with Crippen LogP contribution in [0.3, 0.4) is 0 Å². The number of nitro groups is 1. The number of sulfonamides is 1. The molecule has 0 saturated carbocycles. The second-order valence-electron chi connectivity index (χ2n) is 3.82. The van der Waals surface area contributed by atoms with Gasteiger partial charge >= 0.3 is 0 Å². The molecule has 0 fully saturated rings. The molecule has 0 atom stereocenters. The van der Waals surface area contributed by atoms with Crippen LogP contribution in [-0.4, -0.2) is 26.4 Å². The summed E-state index contributed by atoms with van der Waals surface area (Å²) in [6.45, 7) is 3.17. The Bertz CT molecular complexity index is 569. The normalized spacial score (nSPS) is 11.5. The number of hydrogen-bond acceptors (Lipinski definition) is 5. The third-order valence-electron chi connectivity index (χ3n) is 2.42. The van der Waals surface area contributed by atoms with E-state index in [0.717, 1.165) is 0 Å². The van der Waals surface area contributed by atoms with Gasteiger partial charge in [0, 0.05) is 18.7 Å². The van der Waals surface area contributed by atoms with E-state index in [1.807, 2.05) is 0 Å². The molecule has 0 aliphatic heterocycles. The van der Waals surface area contributed by atoms with E-state index in [-0.39, 0.29) is 23.7 Å². The summed E-state index contributed by atoms with van der Waals surface area (Å²) in [4.78, 5) is 10.0. The van der Waals surface area contributed by atoms with E-state index in [1.54, 1.807) is 6.07 Å². The maximum absolute atomic E-state index is 12.0. The first kappa shape index (κ1) is 14.6. The minimum atomic E-state index is -3.92. The minimum Gasteiger partial charge on any atom is -0.329 e. The molecular formula is C10H15N3O4S. The smallest absolute Gasteiger partial charge is 0.292 e. The Balaban J connectivity index is 3.48. The number of hydrogen-bond donors (Lipinski definition) is 2. The highest BCUT2D eigenvalue weighted by molar-refractivity contribution is 7.89. The number of nitrogens with one attached hydrogen (secondary N) is 1. The zero-order chi connectivity index (χ0) is 13.9. The lowest BCUT2D eigenvalue weighted by Gasteiger charge is -2.10. The molecule has 3 N–H and O–H groups in total. The summed E-state index contributed by atoms with van der Waals surface area (Å²) in [5.74, 6) is 0. The molecule has 0 amide bonds. The first-order valence-corrected chi connectivity index (χ1v) is 6.74. The Morgan fingerprint density at radius 2 is 1.89 bits per heavy atom. The van der Waals surface area contributed by atoms with Crippen LogP contribution in [0, 0.1) is 24.0 Å². The number of rotatable bonds is 5. The first-order chi connectivity index (χ1) is 8.31. The molecule has 8 heteroatoms. The van der Waals surface area contributed by atoms with E-state index in [1.165, 1.54) is 19.9 Å². The molecule has 0 heterocycles. The molecule has 0 spiro atoms. The Morgan fingerprint density at radius 1 is 1.33 bits per heavy atom. The average molecular weight is 273 g/mol. The molecule has 0 radical (unpaired) electrons. The van der Waals surface area contributed by atoms with Crippen molar-refractivity contribution in [2.45, 2.75) is 18.7 Å². The van der Waals surface area contributed by atoms with Crippen LogP contribution in [0.15, 0.2) is 17.0 Å². The van der Waals surface area contributed by atoms with Crippen LogP contribution in [-0.2, 0) is 10.0 Å². The topological polar surface area (TPSA) is 115 Å². The first-order valence-electron chi connectivity index (χ1n) is 5.25. The highest BCUT2D eigenvalue weighted by Crippen LogP contribution is 2.30. The Labute approximate surface area is 105 Å². The van der Waals surface area contributed by atoms with Crippen LogP contribution >= 0.6 is 0 Å². The van der Waals surface area contributed by atoms with E-state index in [4.69, 9.17) is 5.73 Å². The van der Waals surface area contributed by atoms with Crippen molar-refractivity contribution < 1.29 is 13.3 Å². The zero-order valence-electron chi connectivity index (χ0n) is 10.1. The largest absolute Gasteiger partial charge is 0.329 e. The average Bonchev–Trinajstić information content (AvgIpc) is 2.28. The van der Waals surface area contributed by atoms with Gasteiger partial charge in [0.1, 0.15) is 0 Å². The van der Waals surface area contributed by atoms with E-state index in [2.05, 4.69) is 4.72 Å². The molecular weight excluding hydrogens is 258 g/mol. The molecule has 18 heavy (non-hydrogen) atoms. The lowest BCUT2D eigenvalue weighted by Crippen LogP contribution is -2.30. The van der Waals surface area contributed by atoms with Crippen LogP contribution in [0.1, 0.15) is 11.1 Å². The lowest BCUT2D eigenvalue weighted by atomic mass is 10.1. The summed E-state index contributed by atoms with van der Waals surface area (Å²) in [6, 6.07) is 3.06. The summed E-state index contributed by atoms with van der Waals surface area (Å²) in [5, 5.41) is 11.0. The maximum Gasteiger partial charge on any atom is 0.292 e. The molecule has 100 valence electrons. The molecule has 7 nitrogen and oxygen atoms in total. The van der Waals surface area contributed by atoms with Crippen molar-refractivity contribution in [3.05, 3.63) is 33.4 Å². The second-order valence-corrected chi connectivity index (χ2v) is 5.52. The van der Waals surface area contributed by atoms with E-state index < -0.39 is 14.9 Å². The summed E-state index contributed by atoms with van der Waals surface area (Å²) in [5.41, 5.74) is 5.46. The lowest BCUT2D eigenvalue weighted by molar-refractivity contribution is -0.388. The van der Waals surface area contributed by atoms with Crippen LogP contribution in [0.5, 0.6) is 0 Å². The molecule has 0 unspecified atom stereocenters. The molecule has 1 aromatic carbocycles. The highest BCUT2D eigenvalue weighted by atomic mass is 32.2. The molecule has 1 rings (SSSR count). The second kappa shape index (κ2) is 5.42. The van der Waals surface area contributed by atoms with Crippen molar-refractivity contribution in [3.63, 3.8) is 0 Å². The molecule has 0 bridgehead atoms. The van der Waals surface area contributed by atoms with Gasteiger partial charge in [-0.3, -0.25) is 10.1 Å². The van der Waals surface area contributed by atoms with Crippen molar-refractivity contribution in [2.24, 2.45) is 5.73 Å². The van der Waals surface area contributed by atoms with Gasteiger partial charge in [-0.1, -0.05) is 12.1 Å². The predicted octanol–water partition coefficient (Wildman–Crippen LogP) is 0.449. The van der Waals surface area contributed by atoms with E-state index >= 15 is 0 Å². The van der Waals surface area contributed by atoms with Crippen molar-refractivity contribution >= 4 is 15.7 Å². The SMILES string of the molecule is Cc1ccc(C)c(S(=O)(=O)NCCN)c1[N+](=O)[O-]. The van der Waals surface area contributed by atoms with Gasteiger partial charge in [-0.05, 0) is 19.4 Å². The number of benzene rings is 1. The van der Waals surface area contributed by atoms with Crippen molar-refractivity contribution in [2.75, 3.05) is 13.1 Å². The number of nitrogens with two attached hydrogens (primary N) is 1. The minimum absolute atomic E-state index is 0.0346. The van der Waals surface area contributed by atoms with Gasteiger partial charge in [-0.25, -0.2) is 13.1 Å². The highest BCUT2D eigenvalue weighted by Gasteiger charge is 2.29. The third-order valence-corrected chi connectivity index (χ3v) is 4.05. The van der Waals surface area contributed by atoms with Gasteiger partial charge in [0.2, 0.25) is 10.0 Å². The van der Waals surface area contributed by atoms with Gasteiger partial charge < -0.3 is 5.73 Å². The predicted molar refractivity (Wildman–Crippen MR) is 66.8 cm³/mol. The molecule has 0 aliphatic rings. The standard InChI is InChI=1S/C10H15N3O4S/c1-7-3-4-8(2)10(9(7)13(14)15)18(16,17)12-6-5-11/h3-4,12H,5-6,11H2,1-2H3. The zero-order valence-corrected chi connectivity index (χ0v) is 11.0. The van der Waals surface area contributed by atoms with Crippen molar-refractivity contribution in [1.29, 1.82) is 0 Å². The van der Waals surface area contributed by atoms with Crippen LogP contribution < -0.4 is 10.5 Å². The fourth-order valence-corrected chi connectivity index (χ4v) is 3.11. The van der Waals surface area contributed by atoms with Gasteiger partial charge in [0.05, 0.1) is 4.92 Å². The summed E-state index contributed by atoms with van der Waals surface area (Å²) in [7, 11) is -3.92. The number of nitrogens with zero attached hydrogens (tertiary/aromatic N) is 1. The number of aryl methyl sites for hydroxylation is 2. The number of nitro benzene ring substituents is 1. The Morgan fingerprint density at radius 3 is 2.39 bits per heavy atom. The molecule has 0 saturated heterocycles. The van der Waals surface area contributed by atoms with Crippen LogP contribution in [0.25, 0.3) is 0 Å². The molecule has 1 aromatic rings. The Kier molecular flexibility index (Phi) is 4.38.